The van der Waals surface area contributed by atoms with Crippen molar-refractivity contribution in [3.05, 3.63) is 168 Å². The molecule has 270 valence electrons. The van der Waals surface area contributed by atoms with Gasteiger partial charge in [0.1, 0.15) is 11.6 Å². The summed E-state index contributed by atoms with van der Waals surface area (Å²) in [5.74, 6) is 0.682. The third-order valence-corrected chi connectivity index (χ3v) is 9.86. The Labute approximate surface area is 336 Å². The summed E-state index contributed by atoms with van der Waals surface area (Å²) in [6.07, 6.45) is 1.85. The number of imidazole rings is 1. The summed E-state index contributed by atoms with van der Waals surface area (Å²) >= 11 is 0. The fourth-order valence-electron chi connectivity index (χ4n) is 7.13. The van der Waals surface area contributed by atoms with Crippen molar-refractivity contribution in [3.63, 3.8) is 0 Å². The fourth-order valence-corrected chi connectivity index (χ4v) is 7.13. The molecule has 0 aliphatic heterocycles. The molecule has 2 heterocycles. The van der Waals surface area contributed by atoms with Crippen LogP contribution in [0.25, 0.3) is 72.7 Å². The second kappa shape index (κ2) is 14.7. The summed E-state index contributed by atoms with van der Waals surface area (Å²) in [6, 6.07) is 47.6. The van der Waals surface area contributed by atoms with E-state index in [-0.39, 0.29) is 37.8 Å². The quantitative estimate of drug-likeness (QED) is 0.169. The second-order valence-corrected chi connectivity index (χ2v) is 14.8. The molecule has 0 fully saturated rings. The standard InChI is InChI=1S/C49H42N3O.Pt/c1-31-20-21-44(41(25-31)35-16-11-8-12-17-35)52-45-19-13-18-40(46(45)51-48(52)42-26-32(2)24-33(3)47(42)53)37-27-38(29-39(28-37)49(4,5)6)43-30-36(22-23-50-43)34-14-9-7-10-15-34;/h7-26,28-30,53H,1-6H3;/q-1;/i1D3;. The first-order valence-corrected chi connectivity index (χ1v) is 17.9. The molecule has 2 aromatic heterocycles. The number of para-hydroxylation sites is 1. The van der Waals surface area contributed by atoms with E-state index in [1.54, 1.807) is 12.1 Å². The molecule has 8 aromatic rings. The molecular formula is C49H42N3OPt-. The monoisotopic (exact) mass is 886 g/mol. The Kier molecular flexibility index (Phi) is 8.98. The molecule has 5 heteroatoms. The van der Waals surface area contributed by atoms with Crippen molar-refractivity contribution in [2.24, 2.45) is 0 Å². The van der Waals surface area contributed by atoms with Crippen molar-refractivity contribution in [2.75, 3.05) is 0 Å². The van der Waals surface area contributed by atoms with Crippen molar-refractivity contribution >= 4 is 11.0 Å². The van der Waals surface area contributed by atoms with Crippen LogP contribution in [0.2, 0.25) is 0 Å². The minimum Gasteiger partial charge on any atom is -0.507 e. The van der Waals surface area contributed by atoms with Crippen LogP contribution in [0.5, 0.6) is 5.75 Å². The Morgan fingerprint density at radius 3 is 2.09 bits per heavy atom. The number of phenolic OH excluding ortho intramolecular Hbond substituents is 1. The average molecular weight is 887 g/mol. The third kappa shape index (κ3) is 6.95. The molecule has 0 amide bonds. The Morgan fingerprint density at radius 2 is 1.37 bits per heavy atom. The van der Waals surface area contributed by atoms with Gasteiger partial charge in [0, 0.05) is 42.6 Å². The Balaban J connectivity index is 0.00000496. The number of nitrogens with zero attached hydrogens (tertiary/aromatic N) is 3. The smallest absolute Gasteiger partial charge is 0.148 e. The van der Waals surface area contributed by atoms with Gasteiger partial charge in [0.15, 0.2) is 0 Å². The summed E-state index contributed by atoms with van der Waals surface area (Å²) in [4.78, 5) is 10.2. The van der Waals surface area contributed by atoms with Gasteiger partial charge in [0.2, 0.25) is 0 Å². The number of benzene rings is 6. The minimum absolute atomic E-state index is 0. The van der Waals surface area contributed by atoms with Crippen LogP contribution in [-0.2, 0) is 26.5 Å². The van der Waals surface area contributed by atoms with E-state index < -0.39 is 6.85 Å². The van der Waals surface area contributed by atoms with E-state index in [9.17, 15) is 5.11 Å². The van der Waals surface area contributed by atoms with E-state index in [1.807, 2.05) is 105 Å². The van der Waals surface area contributed by atoms with Crippen molar-refractivity contribution in [3.8, 4) is 67.5 Å². The van der Waals surface area contributed by atoms with E-state index >= 15 is 0 Å². The van der Waals surface area contributed by atoms with Crippen LogP contribution in [0.4, 0.5) is 0 Å². The van der Waals surface area contributed by atoms with Gasteiger partial charge in [-0.15, -0.1) is 29.3 Å². The molecule has 0 saturated heterocycles. The van der Waals surface area contributed by atoms with Crippen LogP contribution in [0.3, 0.4) is 0 Å². The van der Waals surface area contributed by atoms with E-state index in [0.29, 0.717) is 11.4 Å². The van der Waals surface area contributed by atoms with Crippen molar-refractivity contribution in [1.29, 1.82) is 0 Å². The summed E-state index contributed by atoms with van der Waals surface area (Å²) in [7, 11) is 0. The van der Waals surface area contributed by atoms with E-state index in [0.717, 1.165) is 78.0 Å². The maximum Gasteiger partial charge on any atom is 0.148 e. The molecule has 1 N–H and O–H groups in total. The molecule has 0 aliphatic carbocycles. The Morgan fingerprint density at radius 1 is 0.667 bits per heavy atom. The Hall–Kier alpha value is -5.57. The number of fused-ring (bicyclic) bond motifs is 1. The number of hydrogen-bond donors (Lipinski definition) is 1. The number of phenols is 1. The van der Waals surface area contributed by atoms with Gasteiger partial charge < -0.3 is 5.11 Å². The van der Waals surface area contributed by atoms with Crippen LogP contribution in [-0.4, -0.2) is 19.6 Å². The first kappa shape index (κ1) is 33.0. The molecule has 8 rings (SSSR count). The first-order chi connectivity index (χ1) is 26.8. The van der Waals surface area contributed by atoms with Gasteiger partial charge in [0.05, 0.1) is 22.3 Å². The van der Waals surface area contributed by atoms with E-state index in [2.05, 4.69) is 67.8 Å². The van der Waals surface area contributed by atoms with Gasteiger partial charge >= 0.3 is 0 Å². The van der Waals surface area contributed by atoms with Crippen LogP contribution < -0.4 is 0 Å². The molecule has 6 aromatic carbocycles. The van der Waals surface area contributed by atoms with Gasteiger partial charge in [-0.05, 0) is 84.3 Å². The summed E-state index contributed by atoms with van der Waals surface area (Å²) < 4.78 is 26.8. The number of pyridine rings is 1. The SMILES string of the molecule is [2H]C([2H])([2H])c1ccc(-n2c(-c3cc(C)cc(C)c3O)nc3c(-c4[c-]c(-c5cc(-c6ccccc6)ccn5)cc(C(C)(C)C)c4)cccc32)c(-c2ccccc2)c1.[Pt]. The second-order valence-electron chi connectivity index (χ2n) is 14.8. The van der Waals surface area contributed by atoms with Crippen LogP contribution in [0.15, 0.2) is 140 Å². The van der Waals surface area contributed by atoms with E-state index in [1.165, 1.54) is 0 Å². The molecule has 0 atom stereocenters. The van der Waals surface area contributed by atoms with Crippen LogP contribution in [0.1, 0.15) is 47.1 Å². The summed E-state index contributed by atoms with van der Waals surface area (Å²) in [6.45, 7) is 8.20. The number of rotatable bonds is 6. The largest absolute Gasteiger partial charge is 0.507 e. The summed E-state index contributed by atoms with van der Waals surface area (Å²) in [5.41, 5.74) is 13.0. The molecule has 0 aliphatic rings. The normalized spacial score (nSPS) is 12.5. The van der Waals surface area contributed by atoms with Gasteiger partial charge in [-0.25, -0.2) is 4.98 Å². The molecule has 0 saturated carbocycles. The van der Waals surface area contributed by atoms with Gasteiger partial charge in [-0.1, -0.05) is 128 Å². The average Bonchev–Trinajstić information content (AvgIpc) is 3.58. The third-order valence-electron chi connectivity index (χ3n) is 9.86. The van der Waals surface area contributed by atoms with Crippen molar-refractivity contribution < 1.29 is 30.3 Å². The summed E-state index contributed by atoms with van der Waals surface area (Å²) in [5, 5.41) is 11.6. The van der Waals surface area contributed by atoms with Crippen molar-refractivity contribution in [1.82, 2.24) is 14.5 Å². The maximum atomic E-state index is 11.6. The minimum atomic E-state index is -2.30. The topological polar surface area (TPSA) is 50.9 Å². The number of aromatic nitrogens is 3. The fraction of sp³-hybridized carbons (Fsp3) is 0.143. The molecule has 0 unspecified atom stereocenters. The first-order valence-electron chi connectivity index (χ1n) is 19.4. The predicted octanol–water partition coefficient (Wildman–Crippen LogP) is 12.5. The van der Waals surface area contributed by atoms with Crippen molar-refractivity contribution in [2.45, 2.75) is 46.9 Å². The van der Waals surface area contributed by atoms with Gasteiger partial charge in [0.25, 0.3) is 0 Å². The zero-order valence-corrected chi connectivity index (χ0v) is 33.2. The Bertz CT molecular complexity index is 2750. The molecule has 0 radical (unpaired) electrons. The number of aromatic hydroxyl groups is 1. The predicted molar refractivity (Wildman–Crippen MR) is 219 cm³/mol. The number of hydrogen-bond acceptors (Lipinski definition) is 3. The van der Waals surface area contributed by atoms with Gasteiger partial charge in [-0.2, -0.15) is 0 Å². The van der Waals surface area contributed by atoms with Crippen LogP contribution >= 0.6 is 0 Å². The maximum absolute atomic E-state index is 11.6. The zero-order chi connectivity index (χ0) is 39.4. The molecule has 4 nitrogen and oxygen atoms in total. The van der Waals surface area contributed by atoms with Gasteiger partial charge in [-0.3, -0.25) is 9.55 Å². The number of aryl methyl sites for hydroxylation is 3. The molecule has 0 bridgehead atoms. The molecular weight excluding hydrogens is 842 g/mol. The zero-order valence-electron chi connectivity index (χ0n) is 33.9. The molecule has 0 spiro atoms. The van der Waals surface area contributed by atoms with Crippen LogP contribution in [0, 0.1) is 26.8 Å². The molecule has 54 heavy (non-hydrogen) atoms. The van der Waals surface area contributed by atoms with E-state index in [4.69, 9.17) is 14.1 Å².